The van der Waals surface area contributed by atoms with Crippen molar-refractivity contribution in [2.24, 2.45) is 11.8 Å². The van der Waals surface area contributed by atoms with Crippen LogP contribution in [0.5, 0.6) is 0 Å². The normalized spacial score (nSPS) is 27.7. The summed E-state index contributed by atoms with van der Waals surface area (Å²) in [5.74, 6) is 0.0577. The van der Waals surface area contributed by atoms with E-state index in [9.17, 15) is 13.2 Å². The van der Waals surface area contributed by atoms with E-state index < -0.39 is 10.0 Å². The van der Waals surface area contributed by atoms with E-state index in [0.29, 0.717) is 29.6 Å². The number of hydrogen-bond donors (Lipinski definition) is 1. The molecule has 0 aromatic carbocycles. The first-order chi connectivity index (χ1) is 14.6. The minimum atomic E-state index is -3.51. The van der Waals surface area contributed by atoms with Gasteiger partial charge in [0.1, 0.15) is 4.21 Å². The molecule has 4 rings (SSSR count). The lowest BCUT2D eigenvalue weighted by molar-refractivity contribution is -0.126. The summed E-state index contributed by atoms with van der Waals surface area (Å²) in [6, 6.07) is 3.60. The predicted octanol–water partition coefficient (Wildman–Crippen LogP) is 1.00. The average Bonchev–Trinajstić information content (AvgIpc) is 3.49. The molecule has 1 amide bonds. The van der Waals surface area contributed by atoms with Gasteiger partial charge in [-0.1, -0.05) is 6.07 Å². The Balaban J connectivity index is 1.36. The minimum absolute atomic E-state index is 0.0433. The van der Waals surface area contributed by atoms with Crippen molar-refractivity contribution in [2.75, 3.05) is 59.2 Å². The third kappa shape index (κ3) is 5.05. The molecule has 30 heavy (non-hydrogen) atoms. The summed E-state index contributed by atoms with van der Waals surface area (Å²) in [7, 11) is -3.51. The number of thiophene rings is 1. The van der Waals surface area contributed by atoms with Gasteiger partial charge in [0.05, 0.1) is 25.7 Å². The Morgan fingerprint density at radius 1 is 1.20 bits per heavy atom. The number of piperidine rings is 1. The van der Waals surface area contributed by atoms with Crippen molar-refractivity contribution < 1.29 is 22.7 Å². The first-order valence-electron chi connectivity index (χ1n) is 10.8. The van der Waals surface area contributed by atoms with Gasteiger partial charge in [-0.05, 0) is 30.7 Å². The zero-order valence-corrected chi connectivity index (χ0v) is 18.8. The van der Waals surface area contributed by atoms with Crippen LogP contribution in [0.15, 0.2) is 21.7 Å². The number of carbonyl (C=O) groups excluding carboxylic acids is 1. The van der Waals surface area contributed by atoms with Crippen LogP contribution in [0.1, 0.15) is 19.3 Å². The molecular formula is C20H31N3O5S2. The highest BCUT2D eigenvalue weighted by molar-refractivity contribution is 7.91. The van der Waals surface area contributed by atoms with Gasteiger partial charge in [0.15, 0.2) is 0 Å². The van der Waals surface area contributed by atoms with Crippen LogP contribution >= 0.6 is 11.3 Å². The van der Waals surface area contributed by atoms with Gasteiger partial charge in [0, 0.05) is 51.3 Å². The molecule has 3 atom stereocenters. The van der Waals surface area contributed by atoms with E-state index in [-0.39, 0.29) is 24.4 Å². The van der Waals surface area contributed by atoms with E-state index in [1.54, 1.807) is 17.5 Å². The van der Waals surface area contributed by atoms with E-state index >= 15 is 0 Å². The number of sulfonamides is 1. The molecule has 0 saturated carbocycles. The maximum absolute atomic E-state index is 13.0. The van der Waals surface area contributed by atoms with Crippen LogP contribution in [-0.2, 0) is 24.3 Å². The zero-order valence-electron chi connectivity index (χ0n) is 17.2. The van der Waals surface area contributed by atoms with Gasteiger partial charge in [-0.15, -0.1) is 11.3 Å². The van der Waals surface area contributed by atoms with Crippen LogP contribution in [0, 0.1) is 11.8 Å². The summed E-state index contributed by atoms with van der Waals surface area (Å²) in [5.41, 5.74) is 0. The van der Waals surface area contributed by atoms with Gasteiger partial charge in [-0.25, -0.2) is 8.42 Å². The highest BCUT2D eigenvalue weighted by atomic mass is 32.2. The molecule has 4 heterocycles. The number of ether oxygens (including phenoxy) is 2. The predicted molar refractivity (Wildman–Crippen MR) is 114 cm³/mol. The molecule has 1 aromatic heterocycles. The molecule has 3 fully saturated rings. The fraction of sp³-hybridized carbons (Fsp3) is 0.750. The summed E-state index contributed by atoms with van der Waals surface area (Å²) < 4.78 is 38.6. The number of amides is 1. The Morgan fingerprint density at radius 2 is 2.03 bits per heavy atom. The lowest BCUT2D eigenvalue weighted by Crippen LogP contribution is -2.53. The molecule has 8 nitrogen and oxygen atoms in total. The third-order valence-electron chi connectivity index (χ3n) is 6.35. The quantitative estimate of drug-likeness (QED) is 0.657. The van der Waals surface area contributed by atoms with Gasteiger partial charge in [0.25, 0.3) is 10.0 Å². The number of nitrogens with zero attached hydrogens (tertiary/aromatic N) is 2. The number of morpholine rings is 1. The first-order valence-corrected chi connectivity index (χ1v) is 13.1. The van der Waals surface area contributed by atoms with Crippen molar-refractivity contribution in [2.45, 2.75) is 29.5 Å². The number of nitrogens with one attached hydrogen (secondary N) is 1. The SMILES string of the molecule is O=C(NCC(C1CCOC1)N1CCOCC1)C1CCCN(S(=O)(=O)c2cccs2)C1. The summed E-state index contributed by atoms with van der Waals surface area (Å²) in [4.78, 5) is 15.4. The first kappa shape index (κ1) is 22.2. The summed E-state index contributed by atoms with van der Waals surface area (Å²) in [6.45, 7) is 5.97. The second-order valence-electron chi connectivity index (χ2n) is 8.22. The van der Waals surface area contributed by atoms with Gasteiger partial charge in [-0.3, -0.25) is 9.69 Å². The fourth-order valence-electron chi connectivity index (χ4n) is 4.62. The van der Waals surface area contributed by atoms with E-state index in [4.69, 9.17) is 9.47 Å². The van der Waals surface area contributed by atoms with Crippen molar-refractivity contribution in [3.05, 3.63) is 17.5 Å². The monoisotopic (exact) mass is 457 g/mol. The summed E-state index contributed by atoms with van der Waals surface area (Å²) in [5, 5.41) is 4.90. The summed E-state index contributed by atoms with van der Waals surface area (Å²) >= 11 is 1.22. The van der Waals surface area contributed by atoms with Crippen LogP contribution in [0.4, 0.5) is 0 Å². The second kappa shape index (κ2) is 10.1. The fourth-order valence-corrected chi connectivity index (χ4v) is 7.29. The highest BCUT2D eigenvalue weighted by Crippen LogP contribution is 2.27. The van der Waals surface area contributed by atoms with Crippen LogP contribution in [0.25, 0.3) is 0 Å². The molecule has 3 aliphatic heterocycles. The standard InChI is InChI=1S/C20H31N3O5S2/c24-20(16-3-1-6-23(14-16)30(25,26)19-4-2-12-29-19)21-13-18(17-5-9-28-15-17)22-7-10-27-11-8-22/h2,4,12,16-18H,1,3,5-11,13-15H2,(H,21,24). The zero-order chi connectivity index (χ0) is 21.0. The average molecular weight is 458 g/mol. The number of carbonyl (C=O) groups is 1. The Bertz CT molecular complexity index is 789. The van der Waals surface area contributed by atoms with Crippen molar-refractivity contribution in [1.29, 1.82) is 0 Å². The van der Waals surface area contributed by atoms with E-state index in [0.717, 1.165) is 52.4 Å². The maximum Gasteiger partial charge on any atom is 0.252 e. The molecule has 0 aliphatic carbocycles. The Labute approximate surface area is 182 Å². The number of rotatable bonds is 7. The van der Waals surface area contributed by atoms with Crippen LogP contribution < -0.4 is 5.32 Å². The lowest BCUT2D eigenvalue weighted by Gasteiger charge is -2.38. The van der Waals surface area contributed by atoms with E-state index in [2.05, 4.69) is 10.2 Å². The summed E-state index contributed by atoms with van der Waals surface area (Å²) in [6.07, 6.45) is 2.43. The van der Waals surface area contributed by atoms with Crippen LogP contribution in [0.2, 0.25) is 0 Å². The molecule has 0 bridgehead atoms. The van der Waals surface area contributed by atoms with E-state index in [1.807, 2.05) is 0 Å². The smallest absolute Gasteiger partial charge is 0.252 e. The lowest BCUT2D eigenvalue weighted by atomic mass is 9.95. The molecule has 168 valence electrons. The molecule has 0 spiro atoms. The highest BCUT2D eigenvalue weighted by Gasteiger charge is 2.35. The maximum atomic E-state index is 13.0. The molecule has 3 saturated heterocycles. The van der Waals surface area contributed by atoms with Crippen molar-refractivity contribution in [3.63, 3.8) is 0 Å². The molecule has 10 heteroatoms. The molecule has 1 aromatic rings. The van der Waals surface area contributed by atoms with Crippen LogP contribution in [-0.4, -0.2) is 88.7 Å². The van der Waals surface area contributed by atoms with Gasteiger partial charge >= 0.3 is 0 Å². The molecular weight excluding hydrogens is 426 g/mol. The van der Waals surface area contributed by atoms with Gasteiger partial charge in [-0.2, -0.15) is 4.31 Å². The number of hydrogen-bond acceptors (Lipinski definition) is 7. The van der Waals surface area contributed by atoms with Gasteiger partial charge < -0.3 is 14.8 Å². The van der Waals surface area contributed by atoms with Crippen molar-refractivity contribution >= 4 is 27.3 Å². The Kier molecular flexibility index (Phi) is 7.43. The largest absolute Gasteiger partial charge is 0.381 e. The molecule has 0 radical (unpaired) electrons. The topological polar surface area (TPSA) is 88.2 Å². The second-order valence-corrected chi connectivity index (χ2v) is 11.3. The third-order valence-corrected chi connectivity index (χ3v) is 9.59. The minimum Gasteiger partial charge on any atom is -0.381 e. The van der Waals surface area contributed by atoms with Crippen LogP contribution in [0.3, 0.4) is 0 Å². The Morgan fingerprint density at radius 3 is 2.73 bits per heavy atom. The molecule has 3 unspecified atom stereocenters. The van der Waals surface area contributed by atoms with E-state index in [1.165, 1.54) is 15.6 Å². The molecule has 3 aliphatic rings. The Hall–Kier alpha value is -1.04. The molecule has 1 N–H and O–H groups in total. The van der Waals surface area contributed by atoms with Crippen molar-refractivity contribution in [3.8, 4) is 0 Å². The van der Waals surface area contributed by atoms with Gasteiger partial charge in [0.2, 0.25) is 5.91 Å². The van der Waals surface area contributed by atoms with Crippen molar-refractivity contribution in [1.82, 2.24) is 14.5 Å².